The summed E-state index contributed by atoms with van der Waals surface area (Å²) >= 11 is 0. The SMILES string of the molecule is CCOC(=O)C(CC)(CN)COCC1CC1. The van der Waals surface area contributed by atoms with Crippen molar-refractivity contribution in [3.8, 4) is 0 Å². The molecule has 0 heterocycles. The average Bonchev–Trinajstić information content (AvgIpc) is 3.09. The van der Waals surface area contributed by atoms with Crippen LogP contribution >= 0.6 is 0 Å². The molecular formula is C12H23NO3. The van der Waals surface area contributed by atoms with Gasteiger partial charge >= 0.3 is 5.97 Å². The van der Waals surface area contributed by atoms with Gasteiger partial charge in [-0.25, -0.2) is 0 Å². The van der Waals surface area contributed by atoms with Gasteiger partial charge in [-0.15, -0.1) is 0 Å². The third-order valence-electron chi connectivity index (χ3n) is 3.20. The molecule has 1 saturated carbocycles. The van der Waals surface area contributed by atoms with Gasteiger partial charge in [-0.3, -0.25) is 4.79 Å². The Labute approximate surface area is 97.5 Å². The van der Waals surface area contributed by atoms with Crippen LogP contribution in [-0.4, -0.2) is 32.3 Å². The van der Waals surface area contributed by atoms with Crippen molar-refractivity contribution in [3.63, 3.8) is 0 Å². The minimum absolute atomic E-state index is 0.226. The van der Waals surface area contributed by atoms with Crippen LogP contribution in [0.15, 0.2) is 0 Å². The van der Waals surface area contributed by atoms with Gasteiger partial charge in [0.2, 0.25) is 0 Å². The first-order valence-electron chi connectivity index (χ1n) is 6.13. The minimum Gasteiger partial charge on any atom is -0.465 e. The maximum atomic E-state index is 11.8. The highest BCUT2D eigenvalue weighted by atomic mass is 16.5. The Bertz CT molecular complexity index is 222. The number of hydrogen-bond acceptors (Lipinski definition) is 4. The van der Waals surface area contributed by atoms with Gasteiger partial charge in [0.05, 0.1) is 13.2 Å². The van der Waals surface area contributed by atoms with Crippen LogP contribution < -0.4 is 5.73 Å². The zero-order valence-electron chi connectivity index (χ0n) is 10.3. The fraction of sp³-hybridized carbons (Fsp3) is 0.917. The lowest BCUT2D eigenvalue weighted by molar-refractivity contribution is -0.159. The molecule has 0 aromatic heterocycles. The molecule has 2 N–H and O–H groups in total. The number of rotatable bonds is 8. The highest BCUT2D eigenvalue weighted by Crippen LogP contribution is 2.30. The van der Waals surface area contributed by atoms with E-state index in [1.54, 1.807) is 6.92 Å². The Morgan fingerprint density at radius 2 is 2.12 bits per heavy atom. The lowest BCUT2D eigenvalue weighted by atomic mass is 9.86. The van der Waals surface area contributed by atoms with E-state index in [0.29, 0.717) is 25.6 Å². The fourth-order valence-electron chi connectivity index (χ4n) is 1.58. The molecule has 1 rings (SSSR count). The van der Waals surface area contributed by atoms with Gasteiger partial charge in [0, 0.05) is 13.2 Å². The number of carbonyl (C=O) groups excluding carboxylic acids is 1. The number of esters is 1. The van der Waals surface area contributed by atoms with Gasteiger partial charge in [-0.2, -0.15) is 0 Å². The molecule has 0 aliphatic heterocycles. The summed E-state index contributed by atoms with van der Waals surface area (Å²) in [5, 5.41) is 0. The first-order valence-corrected chi connectivity index (χ1v) is 6.13. The lowest BCUT2D eigenvalue weighted by Crippen LogP contribution is -2.43. The molecule has 1 fully saturated rings. The quantitative estimate of drug-likeness (QED) is 0.638. The summed E-state index contributed by atoms with van der Waals surface area (Å²) in [5.41, 5.74) is 5.05. The van der Waals surface area contributed by atoms with Crippen LogP contribution in [-0.2, 0) is 14.3 Å². The Morgan fingerprint density at radius 3 is 2.56 bits per heavy atom. The summed E-state index contributed by atoms with van der Waals surface area (Å²) in [6, 6.07) is 0. The Morgan fingerprint density at radius 1 is 1.44 bits per heavy atom. The molecule has 4 heteroatoms. The molecule has 94 valence electrons. The minimum atomic E-state index is -0.648. The molecule has 1 aliphatic carbocycles. The van der Waals surface area contributed by atoms with Gasteiger partial charge in [-0.05, 0) is 32.1 Å². The zero-order chi connectivity index (χ0) is 12.0. The number of ether oxygens (including phenoxy) is 2. The van der Waals surface area contributed by atoms with E-state index < -0.39 is 5.41 Å². The monoisotopic (exact) mass is 229 g/mol. The molecule has 0 spiro atoms. The maximum Gasteiger partial charge on any atom is 0.315 e. The van der Waals surface area contributed by atoms with Crippen LogP contribution in [0.5, 0.6) is 0 Å². The van der Waals surface area contributed by atoms with Crippen molar-refractivity contribution in [2.45, 2.75) is 33.1 Å². The van der Waals surface area contributed by atoms with Crippen LogP contribution in [0.2, 0.25) is 0 Å². The summed E-state index contributed by atoms with van der Waals surface area (Å²) in [5.74, 6) is 0.477. The molecule has 0 saturated heterocycles. The first kappa shape index (κ1) is 13.5. The van der Waals surface area contributed by atoms with Crippen molar-refractivity contribution in [1.82, 2.24) is 0 Å². The molecule has 0 amide bonds. The van der Waals surface area contributed by atoms with Crippen LogP contribution in [0.1, 0.15) is 33.1 Å². The Kier molecular flexibility index (Phi) is 5.22. The van der Waals surface area contributed by atoms with Gasteiger partial charge in [0.15, 0.2) is 0 Å². The van der Waals surface area contributed by atoms with Crippen molar-refractivity contribution in [2.24, 2.45) is 17.1 Å². The molecule has 1 atom stereocenters. The predicted molar refractivity (Wildman–Crippen MR) is 62.0 cm³/mol. The summed E-state index contributed by atoms with van der Waals surface area (Å²) < 4.78 is 10.7. The number of nitrogens with two attached hydrogens (primary N) is 1. The topological polar surface area (TPSA) is 61.5 Å². The van der Waals surface area contributed by atoms with E-state index in [1.807, 2.05) is 6.92 Å². The van der Waals surface area contributed by atoms with Gasteiger partial charge in [0.1, 0.15) is 5.41 Å². The molecule has 16 heavy (non-hydrogen) atoms. The Balaban J connectivity index is 2.43. The molecule has 0 aromatic rings. The smallest absolute Gasteiger partial charge is 0.315 e. The molecule has 4 nitrogen and oxygen atoms in total. The Hall–Kier alpha value is -0.610. The molecule has 0 radical (unpaired) electrons. The largest absolute Gasteiger partial charge is 0.465 e. The number of carbonyl (C=O) groups is 1. The van der Waals surface area contributed by atoms with Crippen molar-refractivity contribution in [1.29, 1.82) is 0 Å². The van der Waals surface area contributed by atoms with Crippen molar-refractivity contribution >= 4 is 5.97 Å². The van der Waals surface area contributed by atoms with E-state index >= 15 is 0 Å². The number of hydrogen-bond donors (Lipinski definition) is 1. The highest BCUT2D eigenvalue weighted by molar-refractivity contribution is 5.77. The van der Waals surface area contributed by atoms with E-state index in [2.05, 4.69) is 0 Å². The van der Waals surface area contributed by atoms with E-state index in [4.69, 9.17) is 15.2 Å². The van der Waals surface area contributed by atoms with Crippen LogP contribution in [0.25, 0.3) is 0 Å². The third kappa shape index (κ3) is 3.46. The van der Waals surface area contributed by atoms with E-state index in [-0.39, 0.29) is 12.5 Å². The lowest BCUT2D eigenvalue weighted by Gasteiger charge is -2.28. The van der Waals surface area contributed by atoms with Crippen LogP contribution in [0.4, 0.5) is 0 Å². The van der Waals surface area contributed by atoms with E-state index in [9.17, 15) is 4.79 Å². The van der Waals surface area contributed by atoms with Crippen LogP contribution in [0, 0.1) is 11.3 Å². The molecule has 1 unspecified atom stereocenters. The molecular weight excluding hydrogens is 206 g/mol. The summed E-state index contributed by atoms with van der Waals surface area (Å²) in [6.45, 7) is 5.57. The third-order valence-corrected chi connectivity index (χ3v) is 3.20. The second-order valence-electron chi connectivity index (χ2n) is 4.52. The average molecular weight is 229 g/mol. The molecule has 1 aliphatic rings. The van der Waals surface area contributed by atoms with Gasteiger partial charge in [0.25, 0.3) is 0 Å². The normalized spacial score (nSPS) is 19.2. The van der Waals surface area contributed by atoms with E-state index in [0.717, 1.165) is 6.61 Å². The zero-order valence-corrected chi connectivity index (χ0v) is 10.3. The predicted octanol–water partition coefficient (Wildman–Crippen LogP) is 1.33. The van der Waals surface area contributed by atoms with Crippen molar-refractivity contribution in [2.75, 3.05) is 26.4 Å². The van der Waals surface area contributed by atoms with E-state index in [1.165, 1.54) is 12.8 Å². The highest BCUT2D eigenvalue weighted by Gasteiger charge is 2.37. The van der Waals surface area contributed by atoms with Crippen molar-refractivity contribution < 1.29 is 14.3 Å². The van der Waals surface area contributed by atoms with Gasteiger partial charge < -0.3 is 15.2 Å². The molecule has 0 aromatic carbocycles. The molecule has 0 bridgehead atoms. The first-order chi connectivity index (χ1) is 7.68. The van der Waals surface area contributed by atoms with Gasteiger partial charge in [-0.1, -0.05) is 6.92 Å². The summed E-state index contributed by atoms with van der Waals surface area (Å²) in [6.07, 6.45) is 3.16. The standard InChI is InChI=1S/C12H23NO3/c1-3-12(8-13,11(14)16-4-2)9-15-7-10-5-6-10/h10H,3-9,13H2,1-2H3. The second-order valence-corrected chi connectivity index (χ2v) is 4.52. The second kappa shape index (κ2) is 6.21. The van der Waals surface area contributed by atoms with Crippen LogP contribution in [0.3, 0.4) is 0 Å². The van der Waals surface area contributed by atoms with Crippen molar-refractivity contribution in [3.05, 3.63) is 0 Å². The summed E-state index contributed by atoms with van der Waals surface area (Å²) in [4.78, 5) is 11.8. The maximum absolute atomic E-state index is 11.8. The fourth-order valence-corrected chi connectivity index (χ4v) is 1.58. The summed E-state index contributed by atoms with van der Waals surface area (Å²) in [7, 11) is 0.